The first-order valence-corrected chi connectivity index (χ1v) is 8.86. The normalized spacial score (nSPS) is 11.7. The highest BCUT2D eigenvalue weighted by molar-refractivity contribution is 5.99. The Labute approximate surface area is 155 Å². The average Bonchev–Trinajstić information content (AvgIpc) is 2.61. The maximum Gasteiger partial charge on any atom is 0.220 e. The third-order valence-corrected chi connectivity index (χ3v) is 4.50. The summed E-state index contributed by atoms with van der Waals surface area (Å²) in [6.07, 6.45) is 0.373. The summed E-state index contributed by atoms with van der Waals surface area (Å²) in [5, 5.41) is 2.96. The van der Waals surface area contributed by atoms with E-state index in [0.29, 0.717) is 5.56 Å². The number of carbonyl (C=O) groups excluding carboxylic acids is 2. The van der Waals surface area contributed by atoms with Gasteiger partial charge in [-0.15, -0.1) is 0 Å². The maximum absolute atomic E-state index is 12.4. The molecule has 0 aliphatic rings. The zero-order chi connectivity index (χ0) is 19.3. The Morgan fingerprint density at radius 1 is 1.00 bits per heavy atom. The van der Waals surface area contributed by atoms with Gasteiger partial charge in [0, 0.05) is 24.0 Å². The molecule has 138 valence electrons. The van der Waals surface area contributed by atoms with Gasteiger partial charge in [-0.1, -0.05) is 35.4 Å². The van der Waals surface area contributed by atoms with Crippen LogP contribution in [0.3, 0.4) is 0 Å². The van der Waals surface area contributed by atoms with Crippen LogP contribution in [0.5, 0.6) is 5.75 Å². The number of nitrogens with one attached hydrogen (secondary N) is 1. The number of carbonyl (C=O) groups is 2. The molecule has 0 bridgehead atoms. The number of hydrogen-bond acceptors (Lipinski definition) is 3. The summed E-state index contributed by atoms with van der Waals surface area (Å²) >= 11 is 0. The van der Waals surface area contributed by atoms with E-state index in [0.717, 1.165) is 28.0 Å². The molecule has 2 aromatic carbocycles. The lowest BCUT2D eigenvalue weighted by Gasteiger charge is -2.18. The molecule has 4 nitrogen and oxygen atoms in total. The first-order valence-electron chi connectivity index (χ1n) is 8.86. The van der Waals surface area contributed by atoms with Gasteiger partial charge in [0.25, 0.3) is 0 Å². The minimum Gasteiger partial charge on any atom is -0.496 e. The molecule has 0 saturated heterocycles. The van der Waals surface area contributed by atoms with E-state index in [1.807, 2.05) is 64.1 Å². The highest BCUT2D eigenvalue weighted by Gasteiger charge is 2.16. The smallest absolute Gasteiger partial charge is 0.220 e. The van der Waals surface area contributed by atoms with E-state index in [-0.39, 0.29) is 30.6 Å². The van der Waals surface area contributed by atoms with Crippen molar-refractivity contribution in [3.8, 4) is 5.75 Å². The second-order valence-corrected chi connectivity index (χ2v) is 6.78. The number of aryl methyl sites for hydroxylation is 3. The molecule has 2 rings (SSSR count). The second-order valence-electron chi connectivity index (χ2n) is 6.78. The van der Waals surface area contributed by atoms with E-state index in [2.05, 4.69) is 5.32 Å². The molecule has 0 unspecified atom stereocenters. The van der Waals surface area contributed by atoms with Crippen molar-refractivity contribution >= 4 is 11.7 Å². The molecule has 0 spiro atoms. The zero-order valence-corrected chi connectivity index (χ0v) is 16.2. The number of methoxy groups -OCH3 is 1. The molecule has 0 aliphatic carbocycles. The molecule has 4 heteroatoms. The van der Waals surface area contributed by atoms with Crippen LogP contribution < -0.4 is 10.1 Å². The Balaban J connectivity index is 1.97. The van der Waals surface area contributed by atoms with Crippen LogP contribution in [0.25, 0.3) is 0 Å². The van der Waals surface area contributed by atoms with Gasteiger partial charge in [-0.2, -0.15) is 0 Å². The van der Waals surface area contributed by atoms with Crippen LogP contribution in [-0.2, 0) is 4.79 Å². The lowest BCUT2D eigenvalue weighted by Crippen LogP contribution is -2.27. The van der Waals surface area contributed by atoms with Crippen molar-refractivity contribution in [2.45, 2.75) is 46.6 Å². The fourth-order valence-corrected chi connectivity index (χ4v) is 2.98. The average molecular weight is 353 g/mol. The predicted octanol–water partition coefficient (Wildman–Crippen LogP) is 4.46. The first-order chi connectivity index (χ1) is 12.3. The van der Waals surface area contributed by atoms with Gasteiger partial charge >= 0.3 is 0 Å². The van der Waals surface area contributed by atoms with E-state index >= 15 is 0 Å². The SMILES string of the molecule is COc1ccc(C)cc1[C@H](C)NC(=O)CCC(=O)c1cc(C)ccc1C. The minimum atomic E-state index is -0.187. The lowest BCUT2D eigenvalue weighted by atomic mass is 9.99. The molecule has 1 amide bonds. The van der Waals surface area contributed by atoms with Crippen molar-refractivity contribution in [1.29, 1.82) is 0 Å². The third-order valence-electron chi connectivity index (χ3n) is 4.50. The van der Waals surface area contributed by atoms with E-state index in [9.17, 15) is 9.59 Å². The van der Waals surface area contributed by atoms with Gasteiger partial charge in [0.2, 0.25) is 5.91 Å². The number of ether oxygens (including phenoxy) is 1. The van der Waals surface area contributed by atoms with Crippen LogP contribution in [0.2, 0.25) is 0 Å². The van der Waals surface area contributed by atoms with Crippen molar-refractivity contribution in [2.75, 3.05) is 7.11 Å². The summed E-state index contributed by atoms with van der Waals surface area (Å²) in [4.78, 5) is 24.7. The number of Topliss-reactive ketones (excluding diaryl/α,β-unsaturated/α-hetero) is 1. The van der Waals surface area contributed by atoms with Crippen LogP contribution >= 0.6 is 0 Å². The van der Waals surface area contributed by atoms with Crippen LogP contribution in [0.1, 0.15) is 58.4 Å². The van der Waals surface area contributed by atoms with E-state index < -0.39 is 0 Å². The highest BCUT2D eigenvalue weighted by atomic mass is 16.5. The number of hydrogen-bond donors (Lipinski definition) is 1. The van der Waals surface area contributed by atoms with Crippen LogP contribution in [0, 0.1) is 20.8 Å². The summed E-state index contributed by atoms with van der Waals surface area (Å²) in [5.74, 6) is 0.608. The first kappa shape index (κ1) is 19.7. The predicted molar refractivity (Wildman–Crippen MR) is 104 cm³/mol. The largest absolute Gasteiger partial charge is 0.496 e. The molecule has 2 aromatic rings. The fraction of sp³-hybridized carbons (Fsp3) is 0.364. The molecule has 0 radical (unpaired) electrons. The molecule has 0 fully saturated rings. The second kappa shape index (κ2) is 8.65. The Hall–Kier alpha value is -2.62. The van der Waals surface area contributed by atoms with Gasteiger partial charge in [-0.25, -0.2) is 0 Å². The Kier molecular flexibility index (Phi) is 6.56. The summed E-state index contributed by atoms with van der Waals surface area (Å²) in [7, 11) is 1.62. The van der Waals surface area contributed by atoms with Crippen molar-refractivity contribution < 1.29 is 14.3 Å². The summed E-state index contributed by atoms with van der Waals surface area (Å²) < 4.78 is 5.38. The van der Waals surface area contributed by atoms with Crippen molar-refractivity contribution in [1.82, 2.24) is 5.32 Å². The highest BCUT2D eigenvalue weighted by Crippen LogP contribution is 2.26. The van der Waals surface area contributed by atoms with Gasteiger partial charge in [0.15, 0.2) is 5.78 Å². The van der Waals surface area contributed by atoms with Gasteiger partial charge < -0.3 is 10.1 Å². The van der Waals surface area contributed by atoms with E-state index in [1.54, 1.807) is 7.11 Å². The van der Waals surface area contributed by atoms with E-state index in [1.165, 1.54) is 0 Å². The fourth-order valence-electron chi connectivity index (χ4n) is 2.98. The molecule has 0 heterocycles. The molecular formula is C22H27NO3. The number of benzene rings is 2. The minimum absolute atomic E-state index is 0.00198. The van der Waals surface area contributed by atoms with Gasteiger partial charge in [0.05, 0.1) is 13.2 Å². The molecule has 0 aromatic heterocycles. The molecule has 0 aliphatic heterocycles. The monoisotopic (exact) mass is 353 g/mol. The molecule has 0 saturated carbocycles. The van der Waals surface area contributed by atoms with Gasteiger partial charge in [-0.05, 0) is 45.4 Å². The van der Waals surface area contributed by atoms with Gasteiger partial charge in [0.1, 0.15) is 5.75 Å². The number of ketones is 1. The van der Waals surface area contributed by atoms with Crippen molar-refractivity contribution in [3.63, 3.8) is 0 Å². The quantitative estimate of drug-likeness (QED) is 0.748. The molecule has 1 atom stereocenters. The summed E-state index contributed by atoms with van der Waals surface area (Å²) in [6.45, 7) is 7.79. The van der Waals surface area contributed by atoms with Gasteiger partial charge in [-0.3, -0.25) is 9.59 Å². The van der Waals surface area contributed by atoms with Crippen LogP contribution in [0.4, 0.5) is 0 Å². The molecular weight excluding hydrogens is 326 g/mol. The van der Waals surface area contributed by atoms with Crippen LogP contribution in [-0.4, -0.2) is 18.8 Å². The Morgan fingerprint density at radius 2 is 1.65 bits per heavy atom. The molecule has 1 N–H and O–H groups in total. The topological polar surface area (TPSA) is 55.4 Å². The van der Waals surface area contributed by atoms with Crippen molar-refractivity contribution in [2.24, 2.45) is 0 Å². The standard InChI is InChI=1S/C22H27NO3/c1-14-6-8-16(3)18(12-14)20(24)9-11-22(25)23-17(4)19-13-15(2)7-10-21(19)26-5/h6-8,10,12-13,17H,9,11H2,1-5H3,(H,23,25)/t17-/m0/s1. The maximum atomic E-state index is 12.4. The zero-order valence-electron chi connectivity index (χ0n) is 16.2. The van der Waals surface area contributed by atoms with Crippen LogP contribution in [0.15, 0.2) is 36.4 Å². The number of rotatable bonds is 7. The Bertz CT molecular complexity index is 811. The third kappa shape index (κ3) is 4.94. The lowest BCUT2D eigenvalue weighted by molar-refractivity contribution is -0.121. The molecule has 26 heavy (non-hydrogen) atoms. The summed E-state index contributed by atoms with van der Waals surface area (Å²) in [5.41, 5.74) is 4.72. The number of amides is 1. The Morgan fingerprint density at radius 3 is 2.35 bits per heavy atom. The van der Waals surface area contributed by atoms with Crippen molar-refractivity contribution in [3.05, 3.63) is 64.2 Å². The summed E-state index contributed by atoms with van der Waals surface area (Å²) in [6, 6.07) is 11.5. The van der Waals surface area contributed by atoms with E-state index in [4.69, 9.17) is 4.74 Å².